The molecular formula is C26H26N4O3. The van der Waals surface area contributed by atoms with Crippen molar-refractivity contribution in [3.05, 3.63) is 95.8 Å². The average molecular weight is 443 g/mol. The van der Waals surface area contributed by atoms with Crippen molar-refractivity contribution >= 4 is 23.4 Å². The number of benzodiazepines with no additional fused rings is 1. The van der Waals surface area contributed by atoms with Gasteiger partial charge in [-0.3, -0.25) is 15.1 Å². The summed E-state index contributed by atoms with van der Waals surface area (Å²) < 4.78 is 5.35. The third-order valence-corrected chi connectivity index (χ3v) is 5.13. The van der Waals surface area contributed by atoms with Crippen molar-refractivity contribution in [1.82, 2.24) is 10.3 Å². The van der Waals surface area contributed by atoms with Gasteiger partial charge in [0, 0.05) is 18.3 Å². The third kappa shape index (κ3) is 5.26. The average Bonchev–Trinajstić information content (AvgIpc) is 2.94. The van der Waals surface area contributed by atoms with Crippen molar-refractivity contribution in [2.75, 3.05) is 11.4 Å². The van der Waals surface area contributed by atoms with Gasteiger partial charge in [-0.25, -0.2) is 9.79 Å². The Hall–Kier alpha value is -4.00. The maximum absolute atomic E-state index is 13.6. The number of amides is 2. The zero-order valence-corrected chi connectivity index (χ0v) is 18.6. The van der Waals surface area contributed by atoms with Crippen LogP contribution in [0.15, 0.2) is 84.0 Å². The fourth-order valence-electron chi connectivity index (χ4n) is 3.66. The van der Waals surface area contributed by atoms with Gasteiger partial charge in [-0.1, -0.05) is 68.4 Å². The smallest absolute Gasteiger partial charge is 0.409 e. The van der Waals surface area contributed by atoms with Gasteiger partial charge in [0.05, 0.1) is 17.1 Å². The highest BCUT2D eigenvalue weighted by atomic mass is 16.5. The molecule has 0 aliphatic carbocycles. The second kappa shape index (κ2) is 10.1. The number of carbonyl (C=O) groups is 2. The van der Waals surface area contributed by atoms with Crippen LogP contribution in [0, 0.1) is 5.92 Å². The van der Waals surface area contributed by atoms with Gasteiger partial charge in [0.25, 0.3) is 5.91 Å². The highest BCUT2D eigenvalue weighted by molar-refractivity contribution is 6.19. The normalized spacial score (nSPS) is 15.5. The molecule has 2 heterocycles. The summed E-state index contributed by atoms with van der Waals surface area (Å²) in [5.74, 6) is -0.108. The first-order valence-corrected chi connectivity index (χ1v) is 10.9. The monoisotopic (exact) mass is 442 g/mol. The molecule has 0 saturated heterocycles. The first kappa shape index (κ1) is 22.2. The van der Waals surface area contributed by atoms with E-state index in [0.29, 0.717) is 18.0 Å². The van der Waals surface area contributed by atoms with Gasteiger partial charge in [-0.15, -0.1) is 0 Å². The van der Waals surface area contributed by atoms with Crippen LogP contribution < -0.4 is 10.2 Å². The lowest BCUT2D eigenvalue weighted by Gasteiger charge is -2.27. The Labute approximate surface area is 193 Å². The summed E-state index contributed by atoms with van der Waals surface area (Å²) in [6.07, 6.45) is -0.177. The lowest BCUT2D eigenvalue weighted by atomic mass is 10.0. The zero-order chi connectivity index (χ0) is 23.2. The molecule has 1 N–H and O–H groups in total. The molecule has 1 atom stereocenters. The second-order valence-corrected chi connectivity index (χ2v) is 8.16. The maximum atomic E-state index is 13.6. The Morgan fingerprint density at radius 3 is 2.48 bits per heavy atom. The maximum Gasteiger partial charge on any atom is 0.409 e. The summed E-state index contributed by atoms with van der Waals surface area (Å²) in [4.78, 5) is 36.9. The quantitative estimate of drug-likeness (QED) is 0.621. The van der Waals surface area contributed by atoms with Crippen LogP contribution in [0.2, 0.25) is 0 Å². The fourth-order valence-corrected chi connectivity index (χ4v) is 3.66. The number of para-hydroxylation sites is 1. The number of rotatable bonds is 6. The van der Waals surface area contributed by atoms with Crippen LogP contribution >= 0.6 is 0 Å². The molecule has 0 radical (unpaired) electrons. The van der Waals surface area contributed by atoms with E-state index in [1.54, 1.807) is 11.1 Å². The van der Waals surface area contributed by atoms with Crippen molar-refractivity contribution in [2.45, 2.75) is 26.6 Å². The van der Waals surface area contributed by atoms with Crippen molar-refractivity contribution in [3.8, 4) is 0 Å². The van der Waals surface area contributed by atoms with Gasteiger partial charge in [-0.2, -0.15) is 0 Å². The highest BCUT2D eigenvalue weighted by Crippen LogP contribution is 2.28. The van der Waals surface area contributed by atoms with Gasteiger partial charge in [0.2, 0.25) is 6.17 Å². The number of hydrogen-bond donors (Lipinski definition) is 1. The fraction of sp³-hybridized carbons (Fsp3) is 0.231. The molecule has 2 aromatic carbocycles. The van der Waals surface area contributed by atoms with Crippen LogP contribution in [0.1, 0.15) is 30.7 Å². The first-order chi connectivity index (χ1) is 16.0. The number of alkyl carbamates (subject to hydrolysis) is 1. The predicted molar refractivity (Wildman–Crippen MR) is 127 cm³/mol. The summed E-state index contributed by atoms with van der Waals surface area (Å²) in [7, 11) is 0. The van der Waals surface area contributed by atoms with Crippen molar-refractivity contribution in [2.24, 2.45) is 10.9 Å². The SMILES string of the molecule is CC(C)CN1C(=O)C(NC(=O)OCc2ccccc2)N=C(c2ccccn2)c2ccccc21. The molecular weight excluding hydrogens is 416 g/mol. The summed E-state index contributed by atoms with van der Waals surface area (Å²) in [6, 6.07) is 22.5. The molecule has 168 valence electrons. The number of nitrogens with zero attached hydrogens (tertiary/aromatic N) is 3. The molecule has 4 rings (SSSR count). The zero-order valence-electron chi connectivity index (χ0n) is 18.6. The summed E-state index contributed by atoms with van der Waals surface area (Å²) in [5, 5.41) is 2.65. The number of pyridine rings is 1. The highest BCUT2D eigenvalue weighted by Gasteiger charge is 2.33. The van der Waals surface area contributed by atoms with E-state index in [1.165, 1.54) is 0 Å². The van der Waals surface area contributed by atoms with Crippen molar-refractivity contribution in [3.63, 3.8) is 0 Å². The van der Waals surface area contributed by atoms with Gasteiger partial charge < -0.3 is 9.64 Å². The lowest BCUT2D eigenvalue weighted by molar-refractivity contribution is -0.120. The molecule has 0 fully saturated rings. The molecule has 1 unspecified atom stereocenters. The Kier molecular flexibility index (Phi) is 6.78. The van der Waals surface area contributed by atoms with Gasteiger partial charge in [-0.05, 0) is 29.7 Å². The van der Waals surface area contributed by atoms with E-state index in [9.17, 15) is 9.59 Å². The second-order valence-electron chi connectivity index (χ2n) is 8.16. The van der Waals surface area contributed by atoms with Crippen LogP contribution in [-0.4, -0.2) is 35.4 Å². The standard InChI is InChI=1S/C26H26N4O3/c1-18(2)16-30-22-14-7-6-12-20(22)23(21-13-8-9-15-27-21)28-24(25(30)31)29-26(32)33-17-19-10-4-3-5-11-19/h3-15,18,24H,16-17H2,1-2H3,(H,29,32). The molecule has 33 heavy (non-hydrogen) atoms. The molecule has 1 aliphatic heterocycles. The van der Waals surface area contributed by atoms with Gasteiger partial charge in [0.1, 0.15) is 6.61 Å². The summed E-state index contributed by atoms with van der Waals surface area (Å²) in [5.41, 5.74) is 3.54. The minimum atomic E-state index is -1.14. The number of carbonyl (C=O) groups excluding carboxylic acids is 2. The minimum absolute atomic E-state index is 0.0975. The minimum Gasteiger partial charge on any atom is -0.445 e. The Bertz CT molecular complexity index is 1150. The molecule has 0 spiro atoms. The Balaban J connectivity index is 1.67. The molecule has 7 heteroatoms. The predicted octanol–water partition coefficient (Wildman–Crippen LogP) is 4.17. The molecule has 7 nitrogen and oxygen atoms in total. The van der Waals surface area contributed by atoms with Crippen LogP contribution in [0.3, 0.4) is 0 Å². The van der Waals surface area contributed by atoms with Gasteiger partial charge in [0.15, 0.2) is 0 Å². The van der Waals surface area contributed by atoms with E-state index in [0.717, 1.165) is 16.8 Å². The third-order valence-electron chi connectivity index (χ3n) is 5.13. The molecule has 0 saturated carbocycles. The lowest BCUT2D eigenvalue weighted by Crippen LogP contribution is -2.48. The van der Waals surface area contributed by atoms with E-state index in [4.69, 9.17) is 4.74 Å². The number of ether oxygens (including phenoxy) is 1. The van der Waals surface area contributed by atoms with Gasteiger partial charge >= 0.3 is 6.09 Å². The van der Waals surface area contributed by atoms with Crippen molar-refractivity contribution < 1.29 is 14.3 Å². The molecule has 1 aromatic heterocycles. The van der Waals surface area contributed by atoms with Crippen molar-refractivity contribution in [1.29, 1.82) is 0 Å². The van der Waals surface area contributed by atoms with E-state index in [2.05, 4.69) is 15.3 Å². The van der Waals surface area contributed by atoms with Crippen LogP contribution in [0.4, 0.5) is 10.5 Å². The number of aliphatic imine (C=N–C) groups is 1. The van der Waals surface area contributed by atoms with E-state index >= 15 is 0 Å². The number of aromatic nitrogens is 1. The molecule has 0 bridgehead atoms. The number of nitrogens with one attached hydrogen (secondary N) is 1. The topological polar surface area (TPSA) is 83.9 Å². The van der Waals surface area contributed by atoms with Crippen LogP contribution in [0.25, 0.3) is 0 Å². The summed E-state index contributed by atoms with van der Waals surface area (Å²) in [6.45, 7) is 4.66. The molecule has 1 aliphatic rings. The van der Waals surface area contributed by atoms with Crippen LogP contribution in [0.5, 0.6) is 0 Å². The Morgan fingerprint density at radius 2 is 1.76 bits per heavy atom. The summed E-state index contributed by atoms with van der Waals surface area (Å²) >= 11 is 0. The van der Waals surface area contributed by atoms with E-state index in [1.807, 2.05) is 86.6 Å². The first-order valence-electron chi connectivity index (χ1n) is 10.9. The largest absolute Gasteiger partial charge is 0.445 e. The van der Waals surface area contributed by atoms with E-state index in [-0.39, 0.29) is 18.4 Å². The molecule has 2 amide bonds. The van der Waals surface area contributed by atoms with Crippen LogP contribution in [-0.2, 0) is 16.1 Å². The van der Waals surface area contributed by atoms with E-state index < -0.39 is 12.3 Å². The number of hydrogen-bond acceptors (Lipinski definition) is 5. The number of anilines is 1. The Morgan fingerprint density at radius 1 is 1.03 bits per heavy atom. The number of fused-ring (bicyclic) bond motifs is 1. The molecule has 3 aromatic rings. The number of benzene rings is 2.